The lowest BCUT2D eigenvalue weighted by Crippen LogP contribution is -2.17. The minimum absolute atomic E-state index is 0.335. The van der Waals surface area contributed by atoms with Crippen molar-refractivity contribution in [1.82, 2.24) is 9.38 Å². The lowest BCUT2D eigenvalue weighted by molar-refractivity contribution is 0.102. The van der Waals surface area contributed by atoms with Crippen LogP contribution in [-0.4, -0.2) is 15.3 Å². The third kappa shape index (κ3) is 2.92. The van der Waals surface area contributed by atoms with Gasteiger partial charge in [0.1, 0.15) is 17.2 Å². The lowest BCUT2D eigenvalue weighted by Gasteiger charge is -2.09. The zero-order valence-corrected chi connectivity index (χ0v) is 13.5. The first-order chi connectivity index (χ1) is 11.0. The largest absolute Gasteiger partial charge is 0.320 e. The summed E-state index contributed by atoms with van der Waals surface area (Å²) in [5, 5.41) is 3.37. The van der Waals surface area contributed by atoms with Gasteiger partial charge in [0.15, 0.2) is 0 Å². The smallest absolute Gasteiger partial charge is 0.274 e. The number of benzene rings is 1. The van der Waals surface area contributed by atoms with Crippen molar-refractivity contribution in [1.29, 1.82) is 0 Å². The quantitative estimate of drug-likeness (QED) is 0.780. The molecule has 0 saturated carbocycles. The van der Waals surface area contributed by atoms with Crippen molar-refractivity contribution in [3.63, 3.8) is 0 Å². The number of nitrogens with one attached hydrogen (secondary N) is 1. The van der Waals surface area contributed by atoms with E-state index in [4.69, 9.17) is 11.6 Å². The third-order valence-corrected chi connectivity index (χ3v) is 3.89. The van der Waals surface area contributed by atoms with Crippen molar-refractivity contribution in [3.8, 4) is 0 Å². The number of anilines is 1. The molecule has 2 heterocycles. The molecule has 0 bridgehead atoms. The highest BCUT2D eigenvalue weighted by Crippen LogP contribution is 2.22. The van der Waals surface area contributed by atoms with Gasteiger partial charge in [0.25, 0.3) is 5.91 Å². The van der Waals surface area contributed by atoms with Gasteiger partial charge in [-0.05, 0) is 43.2 Å². The first-order valence-corrected chi connectivity index (χ1v) is 7.61. The van der Waals surface area contributed by atoms with Crippen LogP contribution in [0.3, 0.4) is 0 Å². The molecule has 1 N–H and O–H groups in total. The van der Waals surface area contributed by atoms with Gasteiger partial charge in [-0.1, -0.05) is 24.6 Å². The predicted octanol–water partition coefficient (Wildman–Crippen LogP) is 4.25. The molecule has 1 amide bonds. The Balaban J connectivity index is 2.06. The number of hydrogen-bond donors (Lipinski definition) is 1. The summed E-state index contributed by atoms with van der Waals surface area (Å²) in [7, 11) is 0. The van der Waals surface area contributed by atoms with Crippen LogP contribution in [0.25, 0.3) is 5.65 Å². The monoisotopic (exact) mass is 331 g/mol. The van der Waals surface area contributed by atoms with E-state index >= 15 is 0 Å². The van der Waals surface area contributed by atoms with Crippen molar-refractivity contribution in [2.24, 2.45) is 0 Å². The number of carbonyl (C=O) groups is 1. The van der Waals surface area contributed by atoms with Crippen LogP contribution >= 0.6 is 11.6 Å². The second-order valence-electron chi connectivity index (χ2n) is 5.25. The first-order valence-electron chi connectivity index (χ1n) is 7.23. The topological polar surface area (TPSA) is 46.4 Å². The minimum Gasteiger partial charge on any atom is -0.320 e. The molecule has 0 aliphatic rings. The van der Waals surface area contributed by atoms with Crippen LogP contribution in [-0.2, 0) is 6.42 Å². The van der Waals surface area contributed by atoms with Gasteiger partial charge in [-0.2, -0.15) is 0 Å². The molecule has 0 saturated heterocycles. The summed E-state index contributed by atoms with van der Waals surface area (Å²) in [5.41, 5.74) is 3.00. The SMILES string of the molecule is CCc1nc2ccc(F)cn2c1C(=O)Nc1cc(Cl)ccc1C. The van der Waals surface area contributed by atoms with Gasteiger partial charge in [-0.15, -0.1) is 0 Å². The average molecular weight is 332 g/mol. The van der Waals surface area contributed by atoms with E-state index in [2.05, 4.69) is 10.3 Å². The van der Waals surface area contributed by atoms with Gasteiger partial charge >= 0.3 is 0 Å². The number of hydrogen-bond acceptors (Lipinski definition) is 2. The second kappa shape index (κ2) is 6.01. The van der Waals surface area contributed by atoms with Gasteiger partial charge < -0.3 is 5.32 Å². The number of rotatable bonds is 3. The highest BCUT2D eigenvalue weighted by Gasteiger charge is 2.19. The molecule has 0 atom stereocenters. The summed E-state index contributed by atoms with van der Waals surface area (Å²) in [6.07, 6.45) is 1.84. The molecule has 0 aliphatic carbocycles. The first kappa shape index (κ1) is 15.5. The average Bonchev–Trinajstić information content (AvgIpc) is 2.88. The standard InChI is InChI=1S/C17H15ClFN3O/c1-3-13-16(22-9-12(19)6-7-15(22)20-13)17(23)21-14-8-11(18)5-4-10(14)2/h4-9H,3H2,1-2H3,(H,21,23). The highest BCUT2D eigenvalue weighted by molar-refractivity contribution is 6.31. The van der Waals surface area contributed by atoms with Gasteiger partial charge in [-0.25, -0.2) is 9.37 Å². The molecule has 0 fully saturated rings. The number of aryl methyl sites for hydroxylation is 2. The fraction of sp³-hybridized carbons (Fsp3) is 0.176. The minimum atomic E-state index is -0.425. The number of pyridine rings is 1. The summed E-state index contributed by atoms with van der Waals surface area (Å²) in [4.78, 5) is 17.1. The molecule has 2 aromatic heterocycles. The van der Waals surface area contributed by atoms with Crippen molar-refractivity contribution in [3.05, 3.63) is 64.3 Å². The Morgan fingerprint density at radius 2 is 2.13 bits per heavy atom. The Labute approximate surface area is 137 Å². The molecular formula is C17H15ClFN3O. The van der Waals surface area contributed by atoms with E-state index in [1.165, 1.54) is 16.7 Å². The van der Waals surface area contributed by atoms with E-state index in [0.717, 1.165) is 5.56 Å². The van der Waals surface area contributed by atoms with Crippen molar-refractivity contribution >= 4 is 28.8 Å². The van der Waals surface area contributed by atoms with E-state index in [1.54, 1.807) is 18.2 Å². The van der Waals surface area contributed by atoms with Crippen LogP contribution < -0.4 is 5.32 Å². The van der Waals surface area contributed by atoms with Crippen LogP contribution in [0, 0.1) is 12.7 Å². The second-order valence-corrected chi connectivity index (χ2v) is 5.69. The molecule has 118 valence electrons. The molecular weight excluding hydrogens is 317 g/mol. The number of nitrogens with zero attached hydrogens (tertiary/aromatic N) is 2. The Bertz CT molecular complexity index is 904. The van der Waals surface area contributed by atoms with Crippen molar-refractivity contribution in [2.75, 3.05) is 5.32 Å². The summed E-state index contributed by atoms with van der Waals surface area (Å²) in [5.74, 6) is -0.768. The van der Waals surface area contributed by atoms with E-state index in [9.17, 15) is 9.18 Å². The lowest BCUT2D eigenvalue weighted by atomic mass is 10.2. The summed E-state index contributed by atoms with van der Waals surface area (Å²) in [6, 6.07) is 8.14. The zero-order valence-electron chi connectivity index (χ0n) is 12.7. The molecule has 3 rings (SSSR count). The number of carbonyl (C=O) groups excluding carboxylic acids is 1. The van der Waals surface area contributed by atoms with Crippen LogP contribution in [0.4, 0.5) is 10.1 Å². The van der Waals surface area contributed by atoms with E-state index < -0.39 is 5.82 Å². The van der Waals surface area contributed by atoms with E-state index in [1.807, 2.05) is 19.9 Å². The summed E-state index contributed by atoms with van der Waals surface area (Å²) in [6.45, 7) is 3.78. The van der Waals surface area contributed by atoms with Crippen LogP contribution in [0.1, 0.15) is 28.7 Å². The van der Waals surface area contributed by atoms with Gasteiger partial charge in [0, 0.05) is 16.9 Å². The van der Waals surface area contributed by atoms with Crippen LogP contribution in [0.15, 0.2) is 36.5 Å². The Morgan fingerprint density at radius 3 is 2.87 bits per heavy atom. The number of aromatic nitrogens is 2. The maximum atomic E-state index is 13.5. The maximum absolute atomic E-state index is 13.5. The summed E-state index contributed by atoms with van der Waals surface area (Å²) < 4.78 is 15.0. The molecule has 6 heteroatoms. The molecule has 1 aromatic carbocycles. The number of fused-ring (bicyclic) bond motifs is 1. The fourth-order valence-electron chi connectivity index (χ4n) is 2.46. The Kier molecular flexibility index (Phi) is 4.05. The maximum Gasteiger partial charge on any atom is 0.274 e. The van der Waals surface area contributed by atoms with Gasteiger partial charge in [0.2, 0.25) is 0 Å². The van der Waals surface area contributed by atoms with Crippen molar-refractivity contribution < 1.29 is 9.18 Å². The molecule has 0 radical (unpaired) electrons. The number of amides is 1. The number of imidazole rings is 1. The molecule has 23 heavy (non-hydrogen) atoms. The highest BCUT2D eigenvalue weighted by atomic mass is 35.5. The molecule has 0 unspecified atom stereocenters. The molecule has 3 aromatic rings. The summed E-state index contributed by atoms with van der Waals surface area (Å²) >= 11 is 5.98. The number of halogens is 2. The zero-order chi connectivity index (χ0) is 16.6. The Morgan fingerprint density at radius 1 is 1.35 bits per heavy atom. The Hall–Kier alpha value is -2.40. The molecule has 0 spiro atoms. The van der Waals surface area contributed by atoms with Crippen LogP contribution in [0.2, 0.25) is 5.02 Å². The van der Waals surface area contributed by atoms with Gasteiger partial charge in [0.05, 0.1) is 5.69 Å². The third-order valence-electron chi connectivity index (χ3n) is 3.65. The van der Waals surface area contributed by atoms with Gasteiger partial charge in [-0.3, -0.25) is 9.20 Å². The van der Waals surface area contributed by atoms with E-state index in [0.29, 0.717) is 34.2 Å². The predicted molar refractivity (Wildman–Crippen MR) is 88.7 cm³/mol. The van der Waals surface area contributed by atoms with E-state index in [-0.39, 0.29) is 5.91 Å². The van der Waals surface area contributed by atoms with Crippen molar-refractivity contribution in [2.45, 2.75) is 20.3 Å². The molecule has 4 nitrogen and oxygen atoms in total. The normalized spacial score (nSPS) is 11.0. The van der Waals surface area contributed by atoms with Crippen LogP contribution in [0.5, 0.6) is 0 Å². The molecule has 0 aliphatic heterocycles. The fourth-order valence-corrected chi connectivity index (χ4v) is 2.64.